The molecule has 0 unspecified atom stereocenters. The summed E-state index contributed by atoms with van der Waals surface area (Å²) in [5.74, 6) is 0. The molecule has 0 fully saturated rings. The molecule has 0 radical (unpaired) electrons. The third-order valence-electron chi connectivity index (χ3n) is 6.27. The van der Waals surface area contributed by atoms with Crippen LogP contribution in [-0.4, -0.2) is 4.40 Å². The molecule has 0 saturated heterocycles. The zero-order valence-corrected chi connectivity index (χ0v) is 15.5. The van der Waals surface area contributed by atoms with Gasteiger partial charge in [-0.15, -0.1) is 0 Å². The van der Waals surface area contributed by atoms with Crippen LogP contribution < -0.4 is 5.56 Å². The molecule has 7 rings (SSSR count). The minimum atomic E-state index is 0.0543. The average molecular weight is 369 g/mol. The monoisotopic (exact) mass is 369 g/mol. The third-order valence-corrected chi connectivity index (χ3v) is 6.27. The Kier molecular flexibility index (Phi) is 2.66. The first-order valence-electron chi connectivity index (χ1n) is 9.84. The van der Waals surface area contributed by atoms with Gasteiger partial charge in [0.1, 0.15) is 0 Å². The van der Waals surface area contributed by atoms with Crippen LogP contribution in [-0.2, 0) is 0 Å². The Balaban J connectivity index is 1.95. The van der Waals surface area contributed by atoms with Crippen molar-refractivity contribution in [2.45, 2.75) is 0 Å². The zero-order chi connectivity index (χ0) is 19.1. The van der Waals surface area contributed by atoms with Gasteiger partial charge in [-0.05, 0) is 51.2 Å². The van der Waals surface area contributed by atoms with Crippen LogP contribution in [0.4, 0.5) is 0 Å². The summed E-state index contributed by atoms with van der Waals surface area (Å²) in [6.45, 7) is 0. The molecule has 0 bridgehead atoms. The van der Waals surface area contributed by atoms with Gasteiger partial charge >= 0.3 is 0 Å². The van der Waals surface area contributed by atoms with Crippen molar-refractivity contribution in [1.82, 2.24) is 4.40 Å². The summed E-state index contributed by atoms with van der Waals surface area (Å²) in [5, 5.41) is 9.96. The second-order valence-electron chi connectivity index (χ2n) is 7.77. The van der Waals surface area contributed by atoms with Gasteiger partial charge in [0.05, 0.1) is 11.0 Å². The van der Waals surface area contributed by atoms with E-state index in [0.29, 0.717) is 0 Å². The minimum absolute atomic E-state index is 0.0543. The largest absolute Gasteiger partial charge is 0.275 e. The van der Waals surface area contributed by atoms with Crippen molar-refractivity contribution in [1.29, 1.82) is 0 Å². The lowest BCUT2D eigenvalue weighted by atomic mass is 9.98. The first kappa shape index (κ1) is 15.1. The van der Waals surface area contributed by atoms with E-state index in [2.05, 4.69) is 66.7 Å². The SMILES string of the molecule is O=c1c2ccccc2c2cc3ccccc3c3c4cc5ccccc5cc4n1c23. The Labute approximate surface area is 165 Å². The number of rotatable bonds is 0. The summed E-state index contributed by atoms with van der Waals surface area (Å²) in [6, 6.07) is 31.4. The molecule has 0 amide bonds. The van der Waals surface area contributed by atoms with Crippen LogP contribution in [0, 0.1) is 0 Å². The molecule has 0 spiro atoms. The molecular weight excluding hydrogens is 354 g/mol. The molecule has 2 nitrogen and oxygen atoms in total. The molecule has 5 aromatic carbocycles. The molecule has 7 aromatic rings. The van der Waals surface area contributed by atoms with E-state index in [1.54, 1.807) is 0 Å². The fourth-order valence-corrected chi connectivity index (χ4v) is 5.02. The number of hydrogen-bond donors (Lipinski definition) is 0. The molecule has 134 valence electrons. The molecule has 0 atom stereocenters. The lowest BCUT2D eigenvalue weighted by molar-refractivity contribution is 1.21. The predicted molar refractivity (Wildman–Crippen MR) is 122 cm³/mol. The highest BCUT2D eigenvalue weighted by Crippen LogP contribution is 2.40. The first-order chi connectivity index (χ1) is 14.3. The molecule has 2 heterocycles. The normalized spacial score (nSPS) is 12.3. The average Bonchev–Trinajstić information content (AvgIpc) is 3.11. The summed E-state index contributed by atoms with van der Waals surface area (Å²) < 4.78 is 1.93. The van der Waals surface area contributed by atoms with E-state index in [4.69, 9.17) is 0 Å². The quantitative estimate of drug-likeness (QED) is 0.221. The van der Waals surface area contributed by atoms with E-state index >= 15 is 0 Å². The van der Waals surface area contributed by atoms with Crippen LogP contribution in [0.1, 0.15) is 0 Å². The van der Waals surface area contributed by atoms with Crippen LogP contribution in [0.3, 0.4) is 0 Å². The molecular formula is C27H15NO. The topological polar surface area (TPSA) is 21.5 Å². The van der Waals surface area contributed by atoms with E-state index in [-0.39, 0.29) is 5.56 Å². The Morgan fingerprint density at radius 1 is 0.517 bits per heavy atom. The minimum Gasteiger partial charge on any atom is -0.275 e. The summed E-state index contributed by atoms with van der Waals surface area (Å²) in [5.41, 5.74) is 2.06. The highest BCUT2D eigenvalue weighted by Gasteiger charge is 2.19. The number of aromatic nitrogens is 1. The van der Waals surface area contributed by atoms with E-state index in [1.807, 2.05) is 28.7 Å². The maximum atomic E-state index is 13.6. The van der Waals surface area contributed by atoms with Gasteiger partial charge < -0.3 is 0 Å². The smallest absolute Gasteiger partial charge is 0.263 e. The molecule has 2 aromatic heterocycles. The van der Waals surface area contributed by atoms with Gasteiger partial charge in [-0.1, -0.05) is 66.7 Å². The van der Waals surface area contributed by atoms with Crippen molar-refractivity contribution >= 4 is 59.5 Å². The van der Waals surface area contributed by atoms with Crippen LogP contribution >= 0.6 is 0 Å². The Morgan fingerprint density at radius 2 is 1.10 bits per heavy atom. The van der Waals surface area contributed by atoms with Gasteiger partial charge in [-0.25, -0.2) is 0 Å². The zero-order valence-electron chi connectivity index (χ0n) is 15.5. The van der Waals surface area contributed by atoms with E-state index < -0.39 is 0 Å². The van der Waals surface area contributed by atoms with Crippen molar-refractivity contribution in [3.05, 3.63) is 101 Å². The molecule has 0 N–H and O–H groups in total. The van der Waals surface area contributed by atoms with Gasteiger partial charge in [0.2, 0.25) is 0 Å². The van der Waals surface area contributed by atoms with Gasteiger partial charge in [0, 0.05) is 21.5 Å². The third kappa shape index (κ3) is 1.79. The number of hydrogen-bond acceptors (Lipinski definition) is 1. The van der Waals surface area contributed by atoms with Crippen LogP contribution in [0.15, 0.2) is 95.8 Å². The first-order valence-corrected chi connectivity index (χ1v) is 9.84. The molecule has 0 aliphatic heterocycles. The maximum absolute atomic E-state index is 13.6. The molecule has 2 heteroatoms. The fraction of sp³-hybridized carbons (Fsp3) is 0. The number of pyridine rings is 1. The lowest BCUT2D eigenvalue weighted by Gasteiger charge is -2.08. The van der Waals surface area contributed by atoms with Crippen LogP contribution in [0.2, 0.25) is 0 Å². The molecule has 29 heavy (non-hydrogen) atoms. The highest BCUT2D eigenvalue weighted by atomic mass is 16.1. The second-order valence-corrected chi connectivity index (χ2v) is 7.77. The Hall–Kier alpha value is -3.91. The van der Waals surface area contributed by atoms with Crippen molar-refractivity contribution in [2.24, 2.45) is 0 Å². The summed E-state index contributed by atoms with van der Waals surface area (Å²) in [4.78, 5) is 13.6. The lowest BCUT2D eigenvalue weighted by Crippen LogP contribution is -2.12. The van der Waals surface area contributed by atoms with Gasteiger partial charge in [0.25, 0.3) is 5.56 Å². The van der Waals surface area contributed by atoms with Crippen LogP contribution in [0.25, 0.3) is 59.5 Å². The standard InChI is InChI=1S/C27H15NO/c29-27-21-12-6-5-11-20(21)22-14-18-9-3-4-10-19(18)25-23-13-16-7-1-2-8-17(16)15-24(23)28(27)26(22)25/h1-15H. The summed E-state index contributed by atoms with van der Waals surface area (Å²) in [6.07, 6.45) is 0. The van der Waals surface area contributed by atoms with E-state index in [9.17, 15) is 4.79 Å². The summed E-state index contributed by atoms with van der Waals surface area (Å²) >= 11 is 0. The second kappa shape index (κ2) is 5.12. The van der Waals surface area contributed by atoms with E-state index in [0.717, 1.165) is 38.0 Å². The predicted octanol–water partition coefficient (Wildman–Crippen LogP) is 6.50. The molecule has 0 saturated carbocycles. The molecule has 0 aliphatic rings. The van der Waals surface area contributed by atoms with Gasteiger partial charge in [0.15, 0.2) is 0 Å². The number of fused-ring (bicyclic) bond motifs is 8. The van der Waals surface area contributed by atoms with Crippen molar-refractivity contribution in [3.63, 3.8) is 0 Å². The Morgan fingerprint density at radius 3 is 1.90 bits per heavy atom. The number of nitrogens with zero attached hydrogens (tertiary/aromatic N) is 1. The fourth-order valence-electron chi connectivity index (χ4n) is 5.02. The van der Waals surface area contributed by atoms with Crippen LogP contribution in [0.5, 0.6) is 0 Å². The number of benzene rings is 5. The maximum Gasteiger partial charge on any atom is 0.263 e. The van der Waals surface area contributed by atoms with E-state index in [1.165, 1.54) is 21.5 Å². The highest BCUT2D eigenvalue weighted by molar-refractivity contribution is 6.30. The molecule has 0 aliphatic carbocycles. The van der Waals surface area contributed by atoms with Crippen molar-refractivity contribution < 1.29 is 0 Å². The van der Waals surface area contributed by atoms with Crippen molar-refractivity contribution in [3.8, 4) is 0 Å². The van der Waals surface area contributed by atoms with Gasteiger partial charge in [-0.2, -0.15) is 0 Å². The van der Waals surface area contributed by atoms with Gasteiger partial charge in [-0.3, -0.25) is 9.20 Å². The summed E-state index contributed by atoms with van der Waals surface area (Å²) in [7, 11) is 0. The Bertz CT molecular complexity index is 1820. The van der Waals surface area contributed by atoms with Crippen molar-refractivity contribution in [2.75, 3.05) is 0 Å².